The quantitative estimate of drug-likeness (QED) is 0.710. The molecule has 1 fully saturated rings. The minimum Gasteiger partial charge on any atom is -0.312 e. The first-order chi connectivity index (χ1) is 7.42. The van der Waals surface area contributed by atoms with E-state index in [1.807, 2.05) is 0 Å². The van der Waals surface area contributed by atoms with Crippen molar-refractivity contribution in [2.75, 3.05) is 6.54 Å². The van der Waals surface area contributed by atoms with Gasteiger partial charge in [0.15, 0.2) is 0 Å². The largest absolute Gasteiger partial charge is 0.312 e. The predicted octanol–water partition coefficient (Wildman–Crippen LogP) is 4.00. The monoisotopic (exact) mass is 223 g/mol. The molecule has 0 aromatic carbocycles. The molecule has 1 nitrogen and oxygen atoms in total. The lowest BCUT2D eigenvalue weighted by atomic mass is 9.73. The highest BCUT2D eigenvalue weighted by atomic mass is 14.9. The van der Waals surface area contributed by atoms with Crippen molar-refractivity contribution in [3.63, 3.8) is 0 Å². The van der Waals surface area contributed by atoms with Gasteiger partial charge in [0.1, 0.15) is 0 Å². The average Bonchev–Trinajstić information content (AvgIpc) is 2.15. The SMILES string of the molecule is C=CCC1CC(C)CCC1CNC(C)(C)C. The third-order valence-electron chi connectivity index (χ3n) is 3.77. The van der Waals surface area contributed by atoms with E-state index in [0.29, 0.717) is 0 Å². The van der Waals surface area contributed by atoms with E-state index in [1.165, 1.54) is 32.2 Å². The van der Waals surface area contributed by atoms with Gasteiger partial charge in [0.2, 0.25) is 0 Å². The first-order valence-corrected chi connectivity index (χ1v) is 6.78. The van der Waals surface area contributed by atoms with Crippen molar-refractivity contribution in [1.82, 2.24) is 5.32 Å². The second kappa shape index (κ2) is 5.86. The Bertz CT molecular complexity index is 214. The van der Waals surface area contributed by atoms with Gasteiger partial charge >= 0.3 is 0 Å². The second-order valence-corrected chi connectivity index (χ2v) is 6.59. The summed E-state index contributed by atoms with van der Waals surface area (Å²) in [6, 6.07) is 0. The molecule has 0 radical (unpaired) electrons. The van der Waals surface area contributed by atoms with Crippen LogP contribution in [0.2, 0.25) is 0 Å². The summed E-state index contributed by atoms with van der Waals surface area (Å²) in [6.45, 7) is 14.2. The fourth-order valence-electron chi connectivity index (χ4n) is 2.77. The summed E-state index contributed by atoms with van der Waals surface area (Å²) in [5.41, 5.74) is 0.252. The Morgan fingerprint density at radius 1 is 1.25 bits per heavy atom. The molecule has 1 saturated carbocycles. The van der Waals surface area contributed by atoms with E-state index in [-0.39, 0.29) is 5.54 Å². The van der Waals surface area contributed by atoms with Crippen LogP contribution < -0.4 is 5.32 Å². The molecule has 0 amide bonds. The van der Waals surface area contributed by atoms with E-state index in [9.17, 15) is 0 Å². The minimum atomic E-state index is 0.252. The predicted molar refractivity (Wildman–Crippen MR) is 72.6 cm³/mol. The maximum absolute atomic E-state index is 3.90. The Hall–Kier alpha value is -0.300. The molecule has 94 valence electrons. The molecule has 0 saturated heterocycles. The van der Waals surface area contributed by atoms with E-state index >= 15 is 0 Å². The van der Waals surface area contributed by atoms with Crippen LogP contribution >= 0.6 is 0 Å². The smallest absolute Gasteiger partial charge is 0.00966 e. The second-order valence-electron chi connectivity index (χ2n) is 6.59. The molecule has 1 rings (SSSR count). The Kier molecular flexibility index (Phi) is 5.04. The van der Waals surface area contributed by atoms with Crippen molar-refractivity contribution in [1.29, 1.82) is 0 Å². The van der Waals surface area contributed by atoms with Crippen LogP contribution in [0, 0.1) is 17.8 Å². The third-order valence-corrected chi connectivity index (χ3v) is 3.77. The zero-order valence-electron chi connectivity index (χ0n) is 11.6. The summed E-state index contributed by atoms with van der Waals surface area (Å²) in [6.07, 6.45) is 7.49. The molecule has 3 atom stereocenters. The van der Waals surface area contributed by atoms with E-state index in [2.05, 4.69) is 45.7 Å². The van der Waals surface area contributed by atoms with Crippen molar-refractivity contribution in [2.24, 2.45) is 17.8 Å². The highest BCUT2D eigenvalue weighted by Gasteiger charge is 2.28. The summed E-state index contributed by atoms with van der Waals surface area (Å²) >= 11 is 0. The van der Waals surface area contributed by atoms with Gasteiger partial charge in [-0.05, 0) is 64.3 Å². The van der Waals surface area contributed by atoms with Crippen LogP contribution in [0.15, 0.2) is 12.7 Å². The van der Waals surface area contributed by atoms with Gasteiger partial charge in [0.05, 0.1) is 0 Å². The van der Waals surface area contributed by atoms with Gasteiger partial charge in [-0.1, -0.05) is 19.4 Å². The van der Waals surface area contributed by atoms with Gasteiger partial charge in [-0.25, -0.2) is 0 Å². The molecule has 1 aliphatic rings. The molecular formula is C15H29N. The molecular weight excluding hydrogens is 194 g/mol. The molecule has 0 heterocycles. The maximum atomic E-state index is 3.90. The summed E-state index contributed by atoms with van der Waals surface area (Å²) in [4.78, 5) is 0. The maximum Gasteiger partial charge on any atom is 0.00966 e. The van der Waals surface area contributed by atoms with Gasteiger partial charge < -0.3 is 5.32 Å². The molecule has 0 aliphatic heterocycles. The molecule has 1 aliphatic carbocycles. The zero-order valence-corrected chi connectivity index (χ0v) is 11.6. The molecule has 1 N–H and O–H groups in total. The fraction of sp³-hybridized carbons (Fsp3) is 0.867. The Balaban J connectivity index is 2.45. The van der Waals surface area contributed by atoms with E-state index in [1.54, 1.807) is 0 Å². The van der Waals surface area contributed by atoms with Crippen LogP contribution in [0.5, 0.6) is 0 Å². The van der Waals surface area contributed by atoms with Gasteiger partial charge in [-0.3, -0.25) is 0 Å². The highest BCUT2D eigenvalue weighted by Crippen LogP contribution is 2.35. The number of hydrogen-bond donors (Lipinski definition) is 1. The van der Waals surface area contributed by atoms with Crippen molar-refractivity contribution in [3.8, 4) is 0 Å². The molecule has 0 bridgehead atoms. The standard InChI is InChI=1S/C15H29N/c1-6-7-13-10-12(2)8-9-14(13)11-16-15(3,4)5/h6,12-14,16H,1,7-11H2,2-5H3. The van der Waals surface area contributed by atoms with E-state index in [0.717, 1.165) is 17.8 Å². The minimum absolute atomic E-state index is 0.252. The van der Waals surface area contributed by atoms with Crippen LogP contribution in [0.3, 0.4) is 0 Å². The normalized spacial score (nSPS) is 31.4. The topological polar surface area (TPSA) is 12.0 Å². The number of hydrogen-bond acceptors (Lipinski definition) is 1. The fourth-order valence-corrected chi connectivity index (χ4v) is 2.77. The number of allylic oxidation sites excluding steroid dienone is 1. The Labute approximate surface area is 102 Å². The van der Waals surface area contributed by atoms with Crippen molar-refractivity contribution >= 4 is 0 Å². The zero-order chi connectivity index (χ0) is 12.2. The van der Waals surface area contributed by atoms with Crippen LogP contribution in [0.25, 0.3) is 0 Å². The first-order valence-electron chi connectivity index (χ1n) is 6.78. The molecule has 0 aromatic rings. The van der Waals surface area contributed by atoms with Gasteiger partial charge in [0.25, 0.3) is 0 Å². The average molecular weight is 223 g/mol. The summed E-state index contributed by atoms with van der Waals surface area (Å²) < 4.78 is 0. The molecule has 0 aromatic heterocycles. The first kappa shape index (κ1) is 13.8. The van der Waals surface area contributed by atoms with Crippen LogP contribution in [0.1, 0.15) is 53.4 Å². The van der Waals surface area contributed by atoms with Gasteiger partial charge in [0, 0.05) is 5.54 Å². The van der Waals surface area contributed by atoms with Gasteiger partial charge in [-0.2, -0.15) is 0 Å². The lowest BCUT2D eigenvalue weighted by Gasteiger charge is -2.36. The van der Waals surface area contributed by atoms with E-state index in [4.69, 9.17) is 0 Å². The summed E-state index contributed by atoms with van der Waals surface area (Å²) in [5.74, 6) is 2.63. The van der Waals surface area contributed by atoms with Crippen molar-refractivity contribution < 1.29 is 0 Å². The lowest BCUT2D eigenvalue weighted by molar-refractivity contribution is 0.176. The molecule has 16 heavy (non-hydrogen) atoms. The van der Waals surface area contributed by atoms with Crippen molar-refractivity contribution in [2.45, 2.75) is 58.9 Å². The lowest BCUT2D eigenvalue weighted by Crippen LogP contribution is -2.42. The highest BCUT2D eigenvalue weighted by molar-refractivity contribution is 4.86. The van der Waals surface area contributed by atoms with Crippen LogP contribution in [-0.4, -0.2) is 12.1 Å². The number of nitrogens with one attached hydrogen (secondary N) is 1. The Morgan fingerprint density at radius 2 is 1.94 bits per heavy atom. The molecule has 3 unspecified atom stereocenters. The Morgan fingerprint density at radius 3 is 2.50 bits per heavy atom. The molecule has 0 spiro atoms. The summed E-state index contributed by atoms with van der Waals surface area (Å²) in [7, 11) is 0. The third kappa shape index (κ3) is 4.69. The summed E-state index contributed by atoms with van der Waals surface area (Å²) in [5, 5.41) is 3.66. The van der Waals surface area contributed by atoms with Crippen LogP contribution in [0.4, 0.5) is 0 Å². The van der Waals surface area contributed by atoms with E-state index < -0.39 is 0 Å². The van der Waals surface area contributed by atoms with Crippen molar-refractivity contribution in [3.05, 3.63) is 12.7 Å². The van der Waals surface area contributed by atoms with Gasteiger partial charge in [-0.15, -0.1) is 6.58 Å². The molecule has 1 heteroatoms. The number of rotatable bonds is 4. The van der Waals surface area contributed by atoms with Crippen LogP contribution in [-0.2, 0) is 0 Å².